The van der Waals surface area contributed by atoms with Crippen molar-refractivity contribution in [1.29, 1.82) is 0 Å². The van der Waals surface area contributed by atoms with E-state index in [1.54, 1.807) is 21.5 Å². The van der Waals surface area contributed by atoms with Crippen LogP contribution in [0.15, 0.2) is 68.5 Å². The van der Waals surface area contributed by atoms with E-state index < -0.39 is 24.2 Å². The Morgan fingerprint density at radius 1 is 0.923 bits per heavy atom. The van der Waals surface area contributed by atoms with E-state index in [9.17, 15) is 9.59 Å². The number of hydrogen-bond donors (Lipinski definition) is 0. The first-order valence-corrected chi connectivity index (χ1v) is 18.7. The topological polar surface area (TPSA) is 52.6 Å². The van der Waals surface area contributed by atoms with Crippen molar-refractivity contribution in [3.8, 4) is 0 Å². The molecule has 0 fully saturated rings. The van der Waals surface area contributed by atoms with Gasteiger partial charge in [0.2, 0.25) is 0 Å². The van der Waals surface area contributed by atoms with Crippen LogP contribution in [0.4, 0.5) is 0 Å². The summed E-state index contributed by atoms with van der Waals surface area (Å²) < 4.78 is 14.5. The van der Waals surface area contributed by atoms with Crippen LogP contribution in [0.25, 0.3) is 0 Å². The third-order valence-electron chi connectivity index (χ3n) is 5.85. The summed E-state index contributed by atoms with van der Waals surface area (Å²) in [5.41, 5.74) is 0.520. The number of carbonyl (C=O) groups is 2. The van der Waals surface area contributed by atoms with E-state index in [1.165, 1.54) is 0 Å². The Bertz CT molecular complexity index is 932. The molecule has 0 atom stereocenters. The van der Waals surface area contributed by atoms with E-state index in [0.29, 0.717) is 12.8 Å². The second-order valence-electron chi connectivity index (χ2n) is 9.27. The van der Waals surface area contributed by atoms with Crippen LogP contribution in [-0.2, 0) is 28.5 Å². The average molecular weight is 408 g/mol. The monoisotopic (exact) mass is 408 g/mol. The van der Waals surface area contributed by atoms with Crippen LogP contribution in [-0.4, -0.2) is 19.6 Å². The van der Waals surface area contributed by atoms with Gasteiger partial charge in [0.05, 0.1) is 0 Å². The Balaban J connectivity index is 2.96. The first-order chi connectivity index (χ1) is 11.7. The molecule has 0 aromatic heterocycles. The fourth-order valence-electron chi connectivity index (χ4n) is 3.81. The van der Waals surface area contributed by atoms with Crippen molar-refractivity contribution in [3.63, 3.8) is 0 Å². The quantitative estimate of drug-likeness (QED) is 0.490. The van der Waals surface area contributed by atoms with E-state index >= 15 is 0 Å². The van der Waals surface area contributed by atoms with Gasteiger partial charge in [0.15, 0.2) is 0 Å². The molecule has 0 saturated carbocycles. The van der Waals surface area contributed by atoms with E-state index in [4.69, 9.17) is 6.64 Å². The third-order valence-corrected chi connectivity index (χ3v) is 23.2. The predicted molar refractivity (Wildman–Crippen MR) is 106 cm³/mol. The van der Waals surface area contributed by atoms with Gasteiger partial charge < -0.3 is 0 Å². The number of carbonyl (C=O) groups excluding carboxylic acids is 2. The summed E-state index contributed by atoms with van der Waals surface area (Å²) in [5.74, 6) is -1.12. The SMILES string of the molecule is C=C(C)C(=O)[O][Ti]([CH3])([CH3])(=[SiH2])([O]C(=O)C(=C)C)([C]1=CC=CC1)[C]1=CC=CC1. The van der Waals surface area contributed by atoms with Crippen LogP contribution < -0.4 is 0 Å². The molecule has 26 heavy (non-hydrogen) atoms. The molecule has 2 rings (SSSR count). The molecule has 0 amide bonds. The van der Waals surface area contributed by atoms with Gasteiger partial charge in [-0.15, -0.1) is 0 Å². The number of hydrogen-bond acceptors (Lipinski definition) is 4. The molecule has 4 nitrogen and oxygen atoms in total. The van der Waals surface area contributed by atoms with Crippen molar-refractivity contribution >= 4 is 19.6 Å². The van der Waals surface area contributed by atoms with E-state index in [0.717, 1.165) is 7.76 Å². The Morgan fingerprint density at radius 2 is 1.27 bits per heavy atom. The van der Waals surface area contributed by atoms with Crippen molar-refractivity contribution < 1.29 is 28.5 Å². The van der Waals surface area contributed by atoms with Crippen molar-refractivity contribution in [3.05, 3.63) is 68.5 Å². The second-order valence-corrected chi connectivity index (χ2v) is 36.4. The Morgan fingerprint density at radius 3 is 1.50 bits per heavy atom. The summed E-state index contributed by atoms with van der Waals surface area (Å²) in [6.07, 6.45) is 12.7. The van der Waals surface area contributed by atoms with Gasteiger partial charge in [0.1, 0.15) is 0 Å². The number of rotatable bonds is 6. The van der Waals surface area contributed by atoms with Crippen molar-refractivity contribution in [2.45, 2.75) is 37.1 Å². The Hall–Kier alpha value is -1.69. The summed E-state index contributed by atoms with van der Waals surface area (Å²) in [4.78, 5) is 25.7. The summed E-state index contributed by atoms with van der Waals surface area (Å²) in [6, 6.07) is 0. The van der Waals surface area contributed by atoms with Crippen LogP contribution in [0.1, 0.15) is 26.7 Å². The maximum absolute atomic E-state index is 12.9. The van der Waals surface area contributed by atoms with Gasteiger partial charge in [0, 0.05) is 0 Å². The fraction of sp³-hybridized carbons (Fsp3) is 0.300. The van der Waals surface area contributed by atoms with Gasteiger partial charge in [-0.3, -0.25) is 0 Å². The summed E-state index contributed by atoms with van der Waals surface area (Å²) in [5, 5.41) is 3.71. The normalized spacial score (nSPS) is 20.1. The molecule has 0 unspecified atom stereocenters. The summed E-state index contributed by atoms with van der Waals surface area (Å²) >= 11 is -6.02. The molecule has 0 aliphatic heterocycles. The van der Waals surface area contributed by atoms with Crippen molar-refractivity contribution in [2.24, 2.45) is 0 Å². The van der Waals surface area contributed by atoms with Crippen LogP contribution in [0.2, 0.25) is 10.5 Å². The standard InChI is InChI=1S/2C5H5.2C4H6O2.2CH3.H2Si.Ti/c2*1-2-4-5-3-1;2*1-3(2)4(5)6;;;;/h2*1-3H,4H2;2*1H2,2H3,(H,5,6);2*1H3;1H2;/q;;;;;;;+2/p-2. The van der Waals surface area contributed by atoms with Crippen molar-refractivity contribution in [1.82, 2.24) is 0 Å². The Kier molecular flexibility index (Phi) is 4.11. The van der Waals surface area contributed by atoms with Gasteiger partial charge in [-0.05, 0) is 0 Å². The molecule has 2 aliphatic rings. The van der Waals surface area contributed by atoms with E-state index in [1.807, 2.05) is 46.9 Å². The van der Waals surface area contributed by atoms with Gasteiger partial charge in [-0.25, -0.2) is 0 Å². The molecule has 0 radical (unpaired) electrons. The molecule has 0 heterocycles. The summed E-state index contributed by atoms with van der Waals surface area (Å²) in [7, 11) is 1.54. The first kappa shape index (κ1) is 20.6. The molecular weight excluding hydrogens is 380 g/mol. The van der Waals surface area contributed by atoms with E-state index in [-0.39, 0.29) is 11.1 Å². The zero-order chi connectivity index (χ0) is 19.9. The van der Waals surface area contributed by atoms with Gasteiger partial charge in [0.25, 0.3) is 0 Å². The van der Waals surface area contributed by atoms with Crippen LogP contribution >= 0.6 is 0 Å². The molecule has 140 valence electrons. The fourth-order valence-corrected chi connectivity index (χ4v) is 16.8. The van der Waals surface area contributed by atoms with E-state index in [2.05, 4.69) is 13.2 Å². The maximum atomic E-state index is 12.9. The zero-order valence-electron chi connectivity index (χ0n) is 16.1. The average Bonchev–Trinajstić information content (AvgIpc) is 3.21. The van der Waals surface area contributed by atoms with Gasteiger partial charge in [-0.1, -0.05) is 0 Å². The predicted octanol–water partition coefficient (Wildman–Crippen LogP) is 4.15. The second kappa shape index (κ2) is 5.18. The molecule has 0 aromatic carbocycles. The molecule has 0 spiro atoms. The molecule has 2 aliphatic carbocycles. The first-order valence-electron chi connectivity index (χ1n) is 8.72. The van der Waals surface area contributed by atoms with Crippen LogP contribution in [0.3, 0.4) is 0 Å². The van der Waals surface area contributed by atoms with Crippen molar-refractivity contribution in [2.75, 3.05) is 0 Å². The van der Waals surface area contributed by atoms with Crippen LogP contribution in [0.5, 0.6) is 0 Å². The minimum atomic E-state index is -6.02. The molecule has 0 aromatic rings. The van der Waals surface area contributed by atoms with Crippen LogP contribution in [0, 0.1) is 0 Å². The molecule has 0 bridgehead atoms. The Labute approximate surface area is 153 Å². The minimum absolute atomic E-state index is 0.260. The van der Waals surface area contributed by atoms with Gasteiger partial charge in [-0.2, -0.15) is 0 Å². The molecule has 6 heteroatoms. The zero-order valence-corrected chi connectivity index (χ0v) is 19.1. The molecule has 0 N–H and O–H groups in total. The summed E-state index contributed by atoms with van der Waals surface area (Å²) in [6.45, 7) is 10.6. The molecular formula is C20H28O4SiTi. The third kappa shape index (κ3) is 2.79. The van der Waals surface area contributed by atoms with Gasteiger partial charge >= 0.3 is 154 Å². The number of allylic oxidation sites excluding steroid dienone is 8. The molecule has 0 saturated heterocycles.